The summed E-state index contributed by atoms with van der Waals surface area (Å²) in [5.74, 6) is 0.722. The average molecular weight is 250 g/mol. The van der Waals surface area contributed by atoms with Crippen molar-refractivity contribution >= 4 is 17.3 Å². The second kappa shape index (κ2) is 4.80. The third-order valence-corrected chi connectivity index (χ3v) is 3.54. The van der Waals surface area contributed by atoms with E-state index in [0.717, 1.165) is 18.7 Å². The van der Waals surface area contributed by atoms with Gasteiger partial charge in [0.25, 0.3) is 0 Å². The molecule has 0 aromatic carbocycles. The molecule has 1 saturated heterocycles. The highest BCUT2D eigenvalue weighted by atomic mass is 16.6. The Morgan fingerprint density at radius 1 is 1.39 bits per heavy atom. The van der Waals surface area contributed by atoms with Crippen molar-refractivity contribution in [3.05, 3.63) is 22.2 Å². The molecule has 0 amide bonds. The zero-order chi connectivity index (χ0) is 13.3. The molecule has 0 unspecified atom stereocenters. The third-order valence-electron chi connectivity index (χ3n) is 3.54. The van der Waals surface area contributed by atoms with E-state index in [-0.39, 0.29) is 11.5 Å². The first-order valence-corrected chi connectivity index (χ1v) is 6.20. The van der Waals surface area contributed by atoms with Gasteiger partial charge in [-0.3, -0.25) is 10.1 Å². The van der Waals surface area contributed by atoms with E-state index in [1.165, 1.54) is 12.5 Å². The first kappa shape index (κ1) is 12.6. The van der Waals surface area contributed by atoms with Crippen molar-refractivity contribution in [2.75, 3.05) is 10.6 Å². The molecular formula is C12H18N4O2. The maximum Gasteiger partial charge on any atom is 0.311 e. The molecule has 2 atom stereocenters. The largest absolute Gasteiger partial charge is 0.378 e. The van der Waals surface area contributed by atoms with Crippen molar-refractivity contribution < 1.29 is 4.92 Å². The fraction of sp³-hybridized carbons (Fsp3) is 0.583. The average Bonchev–Trinajstić information content (AvgIpc) is 2.28. The van der Waals surface area contributed by atoms with Crippen LogP contribution in [0.15, 0.2) is 12.1 Å². The van der Waals surface area contributed by atoms with Crippen molar-refractivity contribution in [2.24, 2.45) is 0 Å². The molecule has 0 bridgehead atoms. The Morgan fingerprint density at radius 2 is 2.00 bits per heavy atom. The van der Waals surface area contributed by atoms with E-state index in [1.54, 1.807) is 6.07 Å². The number of pyridine rings is 1. The molecule has 0 radical (unpaired) electrons. The van der Waals surface area contributed by atoms with Crippen molar-refractivity contribution in [3.8, 4) is 0 Å². The van der Waals surface area contributed by atoms with Crippen LogP contribution in [0.25, 0.3) is 0 Å². The smallest absolute Gasteiger partial charge is 0.311 e. The predicted molar refractivity (Wildman–Crippen MR) is 70.6 cm³/mol. The van der Waals surface area contributed by atoms with Gasteiger partial charge in [0, 0.05) is 18.2 Å². The summed E-state index contributed by atoms with van der Waals surface area (Å²) in [5, 5.41) is 10.7. The molecule has 1 aromatic heterocycles. The maximum absolute atomic E-state index is 10.7. The van der Waals surface area contributed by atoms with Gasteiger partial charge in [-0.2, -0.15) is 0 Å². The summed E-state index contributed by atoms with van der Waals surface area (Å²) >= 11 is 0. The van der Waals surface area contributed by atoms with Crippen molar-refractivity contribution in [1.82, 2.24) is 4.98 Å². The highest BCUT2D eigenvalue weighted by Gasteiger charge is 2.27. The fourth-order valence-corrected chi connectivity index (χ4v) is 2.63. The lowest BCUT2D eigenvalue weighted by Crippen LogP contribution is -2.44. The van der Waals surface area contributed by atoms with E-state index in [4.69, 9.17) is 5.73 Å². The summed E-state index contributed by atoms with van der Waals surface area (Å²) in [6, 6.07) is 3.91. The van der Waals surface area contributed by atoms with E-state index in [1.807, 2.05) is 0 Å². The van der Waals surface area contributed by atoms with Crippen LogP contribution in [0.4, 0.5) is 17.3 Å². The number of anilines is 2. The highest BCUT2D eigenvalue weighted by molar-refractivity contribution is 5.58. The van der Waals surface area contributed by atoms with E-state index in [2.05, 4.69) is 23.7 Å². The lowest BCUT2D eigenvalue weighted by atomic mass is 9.97. The number of hydrogen-bond donors (Lipinski definition) is 1. The zero-order valence-corrected chi connectivity index (χ0v) is 10.7. The van der Waals surface area contributed by atoms with Gasteiger partial charge in [-0.25, -0.2) is 4.98 Å². The van der Waals surface area contributed by atoms with Gasteiger partial charge in [0.2, 0.25) is 5.82 Å². The summed E-state index contributed by atoms with van der Waals surface area (Å²) in [6.45, 7) is 4.30. The van der Waals surface area contributed by atoms with Crippen LogP contribution in [-0.2, 0) is 0 Å². The van der Waals surface area contributed by atoms with Crippen LogP contribution in [0.5, 0.6) is 0 Å². The normalized spacial score (nSPS) is 24.0. The van der Waals surface area contributed by atoms with Crippen LogP contribution in [-0.4, -0.2) is 22.0 Å². The van der Waals surface area contributed by atoms with E-state index in [0.29, 0.717) is 12.1 Å². The number of rotatable bonds is 2. The predicted octanol–water partition coefficient (Wildman–Crippen LogP) is 2.34. The van der Waals surface area contributed by atoms with Crippen LogP contribution in [0, 0.1) is 10.1 Å². The first-order chi connectivity index (χ1) is 8.50. The molecule has 0 saturated carbocycles. The summed E-state index contributed by atoms with van der Waals surface area (Å²) in [6.07, 6.45) is 3.44. The number of nitrogens with zero attached hydrogens (tertiary/aromatic N) is 3. The van der Waals surface area contributed by atoms with Gasteiger partial charge in [-0.15, -0.1) is 0 Å². The number of nitro groups is 1. The molecule has 98 valence electrons. The van der Waals surface area contributed by atoms with E-state index in [9.17, 15) is 10.1 Å². The van der Waals surface area contributed by atoms with Gasteiger partial charge < -0.3 is 10.6 Å². The Hall–Kier alpha value is -1.85. The lowest BCUT2D eigenvalue weighted by molar-refractivity contribution is -0.384. The third kappa shape index (κ3) is 2.23. The molecule has 1 aromatic rings. The molecule has 1 fully saturated rings. The van der Waals surface area contributed by atoms with Crippen LogP contribution in [0.1, 0.15) is 33.1 Å². The number of piperidine rings is 1. The molecule has 1 aliphatic rings. The maximum atomic E-state index is 10.7. The Kier molecular flexibility index (Phi) is 3.36. The monoisotopic (exact) mass is 250 g/mol. The van der Waals surface area contributed by atoms with Gasteiger partial charge in [-0.1, -0.05) is 0 Å². The first-order valence-electron chi connectivity index (χ1n) is 6.20. The second-order valence-electron chi connectivity index (χ2n) is 4.87. The Balaban J connectivity index is 2.33. The molecule has 2 N–H and O–H groups in total. The zero-order valence-electron chi connectivity index (χ0n) is 10.7. The standard InChI is InChI=1S/C12H18N4O2/c1-8-4-3-5-9(2)15(8)11-7-6-10(16(17)18)12(13)14-11/h6-9H,3-5H2,1-2H3,(H2,13,14)/t8-,9+. The minimum atomic E-state index is -0.505. The molecule has 18 heavy (non-hydrogen) atoms. The SMILES string of the molecule is C[C@@H]1CCC[C@H](C)N1c1ccc([N+](=O)[O-])c(N)n1. The van der Waals surface area contributed by atoms with Crippen molar-refractivity contribution in [1.29, 1.82) is 0 Å². The van der Waals surface area contributed by atoms with Gasteiger partial charge >= 0.3 is 5.69 Å². The Morgan fingerprint density at radius 3 is 2.50 bits per heavy atom. The molecule has 0 spiro atoms. The number of nitrogens with two attached hydrogens (primary N) is 1. The van der Waals surface area contributed by atoms with E-state index < -0.39 is 4.92 Å². The second-order valence-corrected chi connectivity index (χ2v) is 4.87. The van der Waals surface area contributed by atoms with Crippen LogP contribution < -0.4 is 10.6 Å². The van der Waals surface area contributed by atoms with E-state index >= 15 is 0 Å². The quantitative estimate of drug-likeness (QED) is 0.643. The van der Waals surface area contributed by atoms with Gasteiger partial charge in [0.05, 0.1) is 4.92 Å². The molecule has 1 aliphatic heterocycles. The molecule has 2 rings (SSSR count). The van der Waals surface area contributed by atoms with Crippen LogP contribution in [0.3, 0.4) is 0 Å². The topological polar surface area (TPSA) is 85.3 Å². The van der Waals surface area contributed by atoms with Crippen LogP contribution >= 0.6 is 0 Å². The number of aromatic nitrogens is 1. The van der Waals surface area contributed by atoms with Crippen molar-refractivity contribution in [3.63, 3.8) is 0 Å². The molecule has 6 nitrogen and oxygen atoms in total. The van der Waals surface area contributed by atoms with Gasteiger partial charge in [-0.05, 0) is 39.2 Å². The minimum Gasteiger partial charge on any atom is -0.378 e. The lowest BCUT2D eigenvalue weighted by Gasteiger charge is -2.40. The number of hydrogen-bond acceptors (Lipinski definition) is 5. The highest BCUT2D eigenvalue weighted by Crippen LogP contribution is 2.30. The Bertz CT molecular complexity index is 453. The van der Waals surface area contributed by atoms with Gasteiger partial charge in [0.1, 0.15) is 5.82 Å². The molecular weight excluding hydrogens is 232 g/mol. The summed E-state index contributed by atoms with van der Waals surface area (Å²) in [5.41, 5.74) is 5.51. The molecule has 2 heterocycles. The minimum absolute atomic E-state index is 0.0116. The Labute approximate surface area is 106 Å². The van der Waals surface area contributed by atoms with Gasteiger partial charge in [0.15, 0.2) is 0 Å². The molecule has 6 heteroatoms. The number of nitrogen functional groups attached to an aromatic ring is 1. The molecule has 0 aliphatic carbocycles. The summed E-state index contributed by atoms with van der Waals surface area (Å²) in [4.78, 5) is 16.6. The summed E-state index contributed by atoms with van der Waals surface area (Å²) < 4.78 is 0. The van der Waals surface area contributed by atoms with Crippen molar-refractivity contribution in [2.45, 2.75) is 45.2 Å². The summed E-state index contributed by atoms with van der Waals surface area (Å²) in [7, 11) is 0. The fourth-order valence-electron chi connectivity index (χ4n) is 2.63. The van der Waals surface area contributed by atoms with Crippen LogP contribution in [0.2, 0.25) is 0 Å².